The highest BCUT2D eigenvalue weighted by Gasteiger charge is 2.37. The molecule has 130 valence electrons. The molecule has 0 aliphatic rings. The second-order valence-corrected chi connectivity index (χ2v) is 8.47. The zero-order chi connectivity index (χ0) is 19.1. The van der Waals surface area contributed by atoms with Gasteiger partial charge in [0.25, 0.3) is 0 Å². The second-order valence-electron chi connectivity index (χ2n) is 5.89. The van der Waals surface area contributed by atoms with E-state index < -0.39 is 9.93 Å². The summed E-state index contributed by atoms with van der Waals surface area (Å²) in [5.74, 6) is 0.0848. The van der Waals surface area contributed by atoms with E-state index in [1.807, 2.05) is 103 Å². The van der Waals surface area contributed by atoms with Crippen LogP contribution in [0.3, 0.4) is 0 Å². The minimum atomic E-state index is -2.72. The minimum absolute atomic E-state index is 0.0132. The maximum absolute atomic E-state index is 14.3. The highest BCUT2D eigenvalue weighted by atomic mass is 32.2. The first-order valence-electron chi connectivity index (χ1n) is 8.40. The van der Waals surface area contributed by atoms with Gasteiger partial charge >= 0.3 is 0 Å². The Bertz CT molecular complexity index is 1020. The Balaban J connectivity index is 2.22. The molecule has 0 atom stereocenters. The molecule has 0 bridgehead atoms. The average Bonchev–Trinajstić information content (AvgIpc) is 2.75. The van der Waals surface area contributed by atoms with Gasteiger partial charge in [0.15, 0.2) is 19.7 Å². The van der Waals surface area contributed by atoms with Crippen LogP contribution in [0.4, 0.5) is 0 Å². The largest absolute Gasteiger partial charge is 0.192 e. The topological polar surface area (TPSA) is 64.7 Å². The average molecular weight is 369 g/mol. The molecule has 0 amide bonds. The number of allylic oxidation sites excluding steroid dienone is 1. The third-order valence-electron chi connectivity index (χ3n) is 4.24. The molecule has 3 rings (SSSR count). The van der Waals surface area contributed by atoms with Gasteiger partial charge in [0, 0.05) is 5.57 Å². The van der Waals surface area contributed by atoms with Crippen LogP contribution in [-0.4, -0.2) is 5.75 Å². The third kappa shape index (κ3) is 3.87. The van der Waals surface area contributed by atoms with Crippen molar-refractivity contribution in [3.05, 3.63) is 102 Å². The van der Waals surface area contributed by atoms with Gasteiger partial charge in [0.05, 0.1) is 0 Å². The first kappa shape index (κ1) is 18.3. The molecule has 3 aromatic carbocycles. The Morgan fingerprint density at radius 2 is 1.11 bits per heavy atom. The number of nitrogens with zero attached hydrogens (tertiary/aromatic N) is 2. The Hall–Kier alpha value is -3.47. The lowest BCUT2D eigenvalue weighted by Crippen LogP contribution is -2.19. The number of nitriles is 2. The van der Waals surface area contributed by atoms with Crippen LogP contribution in [0.1, 0.15) is 5.56 Å². The van der Waals surface area contributed by atoms with Crippen LogP contribution in [-0.2, 0) is 14.1 Å². The quantitative estimate of drug-likeness (QED) is 0.464. The van der Waals surface area contributed by atoms with Crippen LogP contribution in [0.2, 0.25) is 0 Å². The first-order valence-corrected chi connectivity index (χ1v) is 10.1. The Morgan fingerprint density at radius 1 is 0.704 bits per heavy atom. The normalized spacial score (nSPS) is 10.4. The molecular formula is C23H17N2OS+. The molecule has 0 fully saturated rings. The highest BCUT2D eigenvalue weighted by Crippen LogP contribution is 2.34. The van der Waals surface area contributed by atoms with Crippen LogP contribution in [0.5, 0.6) is 0 Å². The van der Waals surface area contributed by atoms with E-state index in [4.69, 9.17) is 0 Å². The van der Waals surface area contributed by atoms with Crippen LogP contribution in [0, 0.1) is 22.7 Å². The predicted octanol–water partition coefficient (Wildman–Crippen LogP) is 5.11. The third-order valence-corrected chi connectivity index (χ3v) is 7.01. The second kappa shape index (κ2) is 8.27. The van der Waals surface area contributed by atoms with Gasteiger partial charge in [-0.1, -0.05) is 70.9 Å². The molecule has 0 aliphatic carbocycles. The van der Waals surface area contributed by atoms with E-state index in [-0.39, 0.29) is 11.3 Å². The summed E-state index contributed by atoms with van der Waals surface area (Å²) in [6, 6.07) is 31.6. The van der Waals surface area contributed by atoms with Crippen molar-refractivity contribution in [1.82, 2.24) is 0 Å². The highest BCUT2D eigenvalue weighted by molar-refractivity contribution is 8.03. The lowest BCUT2D eigenvalue weighted by molar-refractivity contribution is 0.586. The van der Waals surface area contributed by atoms with Crippen LogP contribution in [0.25, 0.3) is 5.57 Å². The van der Waals surface area contributed by atoms with Crippen molar-refractivity contribution in [2.75, 3.05) is 5.75 Å². The van der Waals surface area contributed by atoms with E-state index in [1.165, 1.54) is 0 Å². The lowest BCUT2D eigenvalue weighted by atomic mass is 10.0. The van der Waals surface area contributed by atoms with Gasteiger partial charge in [-0.2, -0.15) is 10.5 Å². The summed E-state index contributed by atoms with van der Waals surface area (Å²) in [6.07, 6.45) is 0. The van der Waals surface area contributed by atoms with Gasteiger partial charge in [-0.05, 0) is 29.8 Å². The van der Waals surface area contributed by atoms with Crippen molar-refractivity contribution in [2.45, 2.75) is 9.79 Å². The van der Waals surface area contributed by atoms with Crippen molar-refractivity contribution >= 4 is 15.5 Å². The van der Waals surface area contributed by atoms with Gasteiger partial charge in [-0.3, -0.25) is 0 Å². The first-order chi connectivity index (χ1) is 13.2. The summed E-state index contributed by atoms with van der Waals surface area (Å²) in [5.41, 5.74) is 1.22. The summed E-state index contributed by atoms with van der Waals surface area (Å²) in [5, 5.41) is 18.9. The zero-order valence-corrected chi connectivity index (χ0v) is 15.4. The number of hydrogen-bond donors (Lipinski definition) is 0. The van der Waals surface area contributed by atoms with E-state index >= 15 is 0 Å². The molecule has 0 heterocycles. The summed E-state index contributed by atoms with van der Waals surface area (Å²) >= 11 is 0. The minimum Gasteiger partial charge on any atom is -0.192 e. The monoisotopic (exact) mass is 369 g/mol. The van der Waals surface area contributed by atoms with Gasteiger partial charge in [-0.15, -0.1) is 0 Å². The van der Waals surface area contributed by atoms with Crippen molar-refractivity contribution in [3.8, 4) is 12.1 Å². The molecular weight excluding hydrogens is 352 g/mol. The van der Waals surface area contributed by atoms with E-state index in [2.05, 4.69) is 0 Å². The Morgan fingerprint density at radius 3 is 1.52 bits per heavy atom. The van der Waals surface area contributed by atoms with Crippen LogP contribution in [0.15, 0.2) is 106 Å². The van der Waals surface area contributed by atoms with Gasteiger partial charge in [0.2, 0.25) is 0 Å². The maximum atomic E-state index is 14.3. The van der Waals surface area contributed by atoms with Gasteiger partial charge in [-0.25, -0.2) is 0 Å². The van der Waals surface area contributed by atoms with E-state index in [0.717, 1.165) is 5.56 Å². The van der Waals surface area contributed by atoms with Crippen molar-refractivity contribution < 1.29 is 4.21 Å². The molecule has 0 aliphatic heterocycles. The smallest absolute Gasteiger partial charge is 0.163 e. The number of rotatable bonds is 5. The van der Waals surface area contributed by atoms with E-state index in [0.29, 0.717) is 15.4 Å². The van der Waals surface area contributed by atoms with Crippen molar-refractivity contribution in [3.63, 3.8) is 0 Å². The molecule has 0 saturated heterocycles. The molecule has 0 spiro atoms. The molecule has 0 unspecified atom stereocenters. The fourth-order valence-electron chi connectivity index (χ4n) is 2.89. The Labute approximate surface area is 160 Å². The Kier molecular flexibility index (Phi) is 5.61. The fourth-order valence-corrected chi connectivity index (χ4v) is 5.40. The van der Waals surface area contributed by atoms with E-state index in [1.54, 1.807) is 0 Å². The van der Waals surface area contributed by atoms with Crippen LogP contribution >= 0.6 is 0 Å². The van der Waals surface area contributed by atoms with Gasteiger partial charge < -0.3 is 0 Å². The molecule has 3 aromatic rings. The lowest BCUT2D eigenvalue weighted by Gasteiger charge is -2.15. The summed E-state index contributed by atoms with van der Waals surface area (Å²) in [7, 11) is -2.72. The molecule has 0 N–H and O–H groups in total. The number of hydrogen-bond acceptors (Lipinski definition) is 3. The predicted molar refractivity (Wildman–Crippen MR) is 107 cm³/mol. The molecule has 0 saturated carbocycles. The van der Waals surface area contributed by atoms with Crippen LogP contribution < -0.4 is 0 Å². The fraction of sp³-hybridized carbons (Fsp3) is 0.0435. The van der Waals surface area contributed by atoms with Crippen molar-refractivity contribution in [2.24, 2.45) is 0 Å². The molecule has 27 heavy (non-hydrogen) atoms. The maximum Gasteiger partial charge on any atom is 0.163 e. The summed E-state index contributed by atoms with van der Waals surface area (Å²) in [4.78, 5) is 1.36. The zero-order valence-electron chi connectivity index (χ0n) is 14.6. The SMILES string of the molecule is N#CC(C#N)=C(C[S+](=O)(c1ccccc1)c1ccccc1)c1ccccc1. The molecule has 0 aromatic heterocycles. The molecule has 3 nitrogen and oxygen atoms in total. The summed E-state index contributed by atoms with van der Waals surface area (Å²) < 4.78 is 14.3. The van der Waals surface area contributed by atoms with Gasteiger partial charge in [0.1, 0.15) is 23.5 Å². The molecule has 0 radical (unpaired) electrons. The van der Waals surface area contributed by atoms with Crippen molar-refractivity contribution in [1.29, 1.82) is 10.5 Å². The standard InChI is InChI=1S/C23H17N2OS/c24-16-20(17-25)23(19-10-4-1-5-11-19)18-27(26,21-12-6-2-7-13-21)22-14-8-3-9-15-22/h1-15H,18H2/q+1. The van der Waals surface area contributed by atoms with E-state index in [9.17, 15) is 14.7 Å². The number of benzene rings is 3. The molecule has 4 heteroatoms. The summed E-state index contributed by atoms with van der Waals surface area (Å²) in [6.45, 7) is 0.